The summed E-state index contributed by atoms with van der Waals surface area (Å²) in [5.41, 5.74) is 2.30. The Morgan fingerprint density at radius 1 is 1.48 bits per heavy atom. The lowest BCUT2D eigenvalue weighted by atomic mass is 10.1. The summed E-state index contributed by atoms with van der Waals surface area (Å²) in [6, 6.07) is 0.404. The molecule has 0 aromatic carbocycles. The highest BCUT2D eigenvalue weighted by Crippen LogP contribution is 2.25. The molecule has 1 fully saturated rings. The fraction of sp³-hybridized carbons (Fsp3) is 0.667. The molecule has 1 aliphatic carbocycles. The van der Waals surface area contributed by atoms with Crippen LogP contribution in [0.2, 0.25) is 0 Å². The van der Waals surface area contributed by atoms with E-state index in [1.54, 1.807) is 6.33 Å². The molecular formula is C15H23N5O. The number of amides is 1. The summed E-state index contributed by atoms with van der Waals surface area (Å²) in [4.78, 5) is 25.1. The van der Waals surface area contributed by atoms with Crippen molar-refractivity contribution in [1.29, 1.82) is 0 Å². The van der Waals surface area contributed by atoms with Gasteiger partial charge in [-0.25, -0.2) is 9.97 Å². The molecular weight excluding hydrogens is 266 g/mol. The van der Waals surface area contributed by atoms with E-state index in [0.717, 1.165) is 50.4 Å². The summed E-state index contributed by atoms with van der Waals surface area (Å²) in [6.07, 6.45) is 4.81. The molecule has 3 rings (SSSR count). The molecule has 1 aliphatic heterocycles. The van der Waals surface area contributed by atoms with Crippen LogP contribution in [0, 0.1) is 0 Å². The van der Waals surface area contributed by atoms with Crippen molar-refractivity contribution in [2.75, 3.05) is 31.6 Å². The van der Waals surface area contributed by atoms with Gasteiger partial charge in [-0.3, -0.25) is 9.69 Å². The Morgan fingerprint density at radius 2 is 2.29 bits per heavy atom. The molecule has 0 saturated heterocycles. The third kappa shape index (κ3) is 3.32. The molecule has 1 N–H and O–H groups in total. The number of anilines is 1. The maximum Gasteiger partial charge on any atom is 0.239 e. The average Bonchev–Trinajstić information content (AvgIpc) is 3.29. The molecule has 0 atom stereocenters. The van der Waals surface area contributed by atoms with Crippen LogP contribution in [0.1, 0.15) is 31.0 Å². The first-order chi connectivity index (χ1) is 10.2. The van der Waals surface area contributed by atoms with Crippen molar-refractivity contribution in [3.05, 3.63) is 17.6 Å². The fourth-order valence-electron chi connectivity index (χ4n) is 2.77. The Morgan fingerprint density at radius 3 is 3.00 bits per heavy atom. The Hall–Kier alpha value is -1.69. The van der Waals surface area contributed by atoms with E-state index in [2.05, 4.69) is 27.1 Å². The fourth-order valence-corrected chi connectivity index (χ4v) is 2.77. The molecule has 2 heterocycles. The van der Waals surface area contributed by atoms with Crippen LogP contribution in [0.15, 0.2) is 6.33 Å². The van der Waals surface area contributed by atoms with Gasteiger partial charge in [-0.05, 0) is 19.4 Å². The number of carbonyl (C=O) groups is 1. The quantitative estimate of drug-likeness (QED) is 0.858. The minimum atomic E-state index is 0.0792. The number of aromatic nitrogens is 2. The Kier molecular flexibility index (Phi) is 4.05. The lowest BCUT2D eigenvalue weighted by Gasteiger charge is -2.30. The molecule has 114 valence electrons. The Balaban J connectivity index is 1.73. The van der Waals surface area contributed by atoms with E-state index in [9.17, 15) is 4.79 Å². The lowest BCUT2D eigenvalue weighted by molar-refractivity contribution is -0.119. The zero-order valence-electron chi connectivity index (χ0n) is 12.8. The van der Waals surface area contributed by atoms with Gasteiger partial charge in [0.2, 0.25) is 5.91 Å². The Labute approximate surface area is 125 Å². The van der Waals surface area contributed by atoms with Crippen molar-refractivity contribution in [3.63, 3.8) is 0 Å². The first-order valence-corrected chi connectivity index (χ1v) is 7.73. The van der Waals surface area contributed by atoms with Crippen LogP contribution < -0.4 is 10.2 Å². The van der Waals surface area contributed by atoms with E-state index in [1.807, 2.05) is 11.9 Å². The van der Waals surface area contributed by atoms with Gasteiger partial charge in [-0.15, -0.1) is 0 Å². The van der Waals surface area contributed by atoms with Gasteiger partial charge in [0.1, 0.15) is 12.1 Å². The first kappa shape index (κ1) is 14.3. The summed E-state index contributed by atoms with van der Waals surface area (Å²) in [5, 5.41) is 3.02. The molecule has 0 spiro atoms. The van der Waals surface area contributed by atoms with Crippen molar-refractivity contribution in [2.24, 2.45) is 0 Å². The topological polar surface area (TPSA) is 61.4 Å². The number of rotatable bonds is 5. The van der Waals surface area contributed by atoms with Gasteiger partial charge in [0, 0.05) is 38.2 Å². The minimum Gasteiger partial charge on any atom is -0.352 e. The van der Waals surface area contributed by atoms with Crippen LogP contribution in [-0.2, 0) is 17.8 Å². The summed E-state index contributed by atoms with van der Waals surface area (Å²) in [7, 11) is 1.93. The number of hydrogen-bond acceptors (Lipinski definition) is 5. The molecule has 0 unspecified atom stereocenters. The molecule has 0 bridgehead atoms. The van der Waals surface area contributed by atoms with Crippen molar-refractivity contribution >= 4 is 11.7 Å². The third-order valence-corrected chi connectivity index (χ3v) is 4.19. The van der Waals surface area contributed by atoms with Gasteiger partial charge in [0.05, 0.1) is 12.2 Å². The average molecular weight is 289 g/mol. The van der Waals surface area contributed by atoms with Crippen LogP contribution in [0.4, 0.5) is 5.82 Å². The number of carbonyl (C=O) groups excluding carboxylic acids is 1. The normalized spacial score (nSPS) is 18.2. The summed E-state index contributed by atoms with van der Waals surface area (Å²) in [5.74, 6) is 0.972. The molecule has 6 heteroatoms. The summed E-state index contributed by atoms with van der Waals surface area (Å²) >= 11 is 0. The molecule has 1 amide bonds. The van der Waals surface area contributed by atoms with E-state index in [-0.39, 0.29) is 5.91 Å². The van der Waals surface area contributed by atoms with E-state index in [0.29, 0.717) is 12.6 Å². The lowest BCUT2D eigenvalue weighted by Crippen LogP contribution is -2.38. The van der Waals surface area contributed by atoms with Gasteiger partial charge in [0.15, 0.2) is 0 Å². The van der Waals surface area contributed by atoms with Crippen LogP contribution in [0.5, 0.6) is 0 Å². The van der Waals surface area contributed by atoms with Crippen molar-refractivity contribution < 1.29 is 4.79 Å². The third-order valence-electron chi connectivity index (χ3n) is 4.19. The van der Waals surface area contributed by atoms with Gasteiger partial charge in [0.25, 0.3) is 0 Å². The highest BCUT2D eigenvalue weighted by Gasteiger charge is 2.25. The summed E-state index contributed by atoms with van der Waals surface area (Å²) in [6.45, 7) is 5.47. The van der Waals surface area contributed by atoms with Crippen molar-refractivity contribution in [2.45, 2.75) is 38.8 Å². The van der Waals surface area contributed by atoms with Crippen LogP contribution in [0.3, 0.4) is 0 Å². The summed E-state index contributed by atoms with van der Waals surface area (Å²) < 4.78 is 0. The number of hydrogen-bond donors (Lipinski definition) is 1. The largest absolute Gasteiger partial charge is 0.352 e. The monoisotopic (exact) mass is 289 g/mol. The van der Waals surface area contributed by atoms with E-state index < -0.39 is 0 Å². The van der Waals surface area contributed by atoms with Crippen LogP contribution >= 0.6 is 0 Å². The maximum atomic E-state index is 12.0. The second-order valence-electron chi connectivity index (χ2n) is 5.94. The number of nitrogens with zero attached hydrogens (tertiary/aromatic N) is 4. The molecule has 6 nitrogen and oxygen atoms in total. The molecule has 1 aromatic rings. The molecule has 1 aromatic heterocycles. The number of fused-ring (bicyclic) bond motifs is 1. The van der Waals surface area contributed by atoms with Crippen LogP contribution in [-0.4, -0.2) is 53.5 Å². The van der Waals surface area contributed by atoms with Gasteiger partial charge < -0.3 is 10.2 Å². The molecule has 1 saturated carbocycles. The standard InChI is InChI=1S/C15H23N5O/c1-3-20-7-6-13-12(8-20)15(17-10-16-13)19(2)9-14(21)18-11-4-5-11/h10-11H,3-9H2,1-2H3,(H,18,21). The zero-order valence-corrected chi connectivity index (χ0v) is 12.8. The number of nitrogens with one attached hydrogen (secondary N) is 1. The molecule has 2 aliphatic rings. The second-order valence-corrected chi connectivity index (χ2v) is 5.94. The molecule has 21 heavy (non-hydrogen) atoms. The van der Waals surface area contributed by atoms with Gasteiger partial charge >= 0.3 is 0 Å². The molecule has 0 radical (unpaired) electrons. The highest BCUT2D eigenvalue weighted by atomic mass is 16.2. The maximum absolute atomic E-state index is 12.0. The minimum absolute atomic E-state index is 0.0792. The predicted octanol–water partition coefficient (Wildman–Crippen LogP) is 0.569. The van der Waals surface area contributed by atoms with Crippen LogP contribution in [0.25, 0.3) is 0 Å². The van der Waals surface area contributed by atoms with Gasteiger partial charge in [-0.1, -0.05) is 6.92 Å². The van der Waals surface area contributed by atoms with Gasteiger partial charge in [-0.2, -0.15) is 0 Å². The predicted molar refractivity (Wildman–Crippen MR) is 81.1 cm³/mol. The van der Waals surface area contributed by atoms with Crippen molar-refractivity contribution in [3.8, 4) is 0 Å². The SMILES string of the molecule is CCN1CCc2ncnc(N(C)CC(=O)NC3CC3)c2C1. The highest BCUT2D eigenvalue weighted by molar-refractivity contribution is 5.81. The first-order valence-electron chi connectivity index (χ1n) is 7.73. The second kappa shape index (κ2) is 5.97. The van der Waals surface area contributed by atoms with E-state index >= 15 is 0 Å². The smallest absolute Gasteiger partial charge is 0.239 e. The Bertz CT molecular complexity index is 529. The zero-order chi connectivity index (χ0) is 14.8. The van der Waals surface area contributed by atoms with E-state index in [4.69, 9.17) is 0 Å². The van der Waals surface area contributed by atoms with Crippen molar-refractivity contribution in [1.82, 2.24) is 20.2 Å². The van der Waals surface area contributed by atoms with E-state index in [1.165, 1.54) is 5.56 Å². The number of likely N-dealkylation sites (N-methyl/N-ethyl adjacent to an activating group) is 2.